The lowest BCUT2D eigenvalue weighted by molar-refractivity contribution is -0.120. The van der Waals surface area contributed by atoms with Crippen LogP contribution in [0.4, 0.5) is 11.4 Å². The first-order chi connectivity index (χ1) is 15.9. The first kappa shape index (κ1) is 22.5. The lowest BCUT2D eigenvalue weighted by Crippen LogP contribution is -2.57. The van der Waals surface area contributed by atoms with Crippen molar-refractivity contribution in [1.82, 2.24) is 10.7 Å². The predicted octanol–water partition coefficient (Wildman–Crippen LogP) is 3.33. The summed E-state index contributed by atoms with van der Waals surface area (Å²) in [7, 11) is 0. The molecular weight excluding hydrogens is 418 g/mol. The molecule has 8 heteroatoms. The number of hydrogen-bond acceptors (Lipinski definition) is 5. The van der Waals surface area contributed by atoms with Gasteiger partial charge in [0.15, 0.2) is 0 Å². The molecule has 3 amide bonds. The SMILES string of the molecule is Cc1cc(C(=O)NC2CCCCC2)ccc1NC(=O)C1=NC(C)C(=O)N(c2ccccc2)N1. The van der Waals surface area contributed by atoms with Gasteiger partial charge in [-0.1, -0.05) is 37.5 Å². The van der Waals surface area contributed by atoms with Gasteiger partial charge in [0.2, 0.25) is 5.84 Å². The smallest absolute Gasteiger partial charge is 0.292 e. The van der Waals surface area contributed by atoms with Gasteiger partial charge >= 0.3 is 0 Å². The zero-order valence-electron chi connectivity index (χ0n) is 18.9. The summed E-state index contributed by atoms with van der Waals surface area (Å²) in [5, 5.41) is 7.28. The maximum absolute atomic E-state index is 12.9. The number of aliphatic imine (C=N–C) groups is 1. The van der Waals surface area contributed by atoms with Gasteiger partial charge in [-0.05, 0) is 62.6 Å². The van der Waals surface area contributed by atoms with Crippen molar-refractivity contribution in [3.63, 3.8) is 0 Å². The molecule has 2 aromatic rings. The van der Waals surface area contributed by atoms with E-state index in [-0.39, 0.29) is 23.7 Å². The minimum absolute atomic E-state index is 0.0458. The van der Waals surface area contributed by atoms with E-state index < -0.39 is 11.9 Å². The van der Waals surface area contributed by atoms with Crippen molar-refractivity contribution in [3.05, 3.63) is 59.7 Å². The molecule has 0 spiro atoms. The third-order valence-electron chi connectivity index (χ3n) is 6.02. The van der Waals surface area contributed by atoms with Crippen molar-refractivity contribution in [1.29, 1.82) is 0 Å². The third-order valence-corrected chi connectivity index (χ3v) is 6.02. The van der Waals surface area contributed by atoms with Crippen molar-refractivity contribution in [2.24, 2.45) is 4.99 Å². The Morgan fingerprint density at radius 1 is 1.03 bits per heavy atom. The van der Waals surface area contributed by atoms with Crippen molar-refractivity contribution < 1.29 is 14.4 Å². The Hall–Kier alpha value is -3.68. The summed E-state index contributed by atoms with van der Waals surface area (Å²) >= 11 is 0. The minimum Gasteiger partial charge on any atom is -0.349 e. The van der Waals surface area contributed by atoms with Crippen LogP contribution in [0.3, 0.4) is 0 Å². The highest BCUT2D eigenvalue weighted by Gasteiger charge is 2.31. The summed E-state index contributed by atoms with van der Waals surface area (Å²) in [5.41, 5.74) is 5.36. The number of amides is 3. The van der Waals surface area contributed by atoms with Crippen LogP contribution in [0.1, 0.15) is 54.9 Å². The number of nitrogens with zero attached hydrogens (tertiary/aromatic N) is 2. The molecule has 8 nitrogen and oxygen atoms in total. The summed E-state index contributed by atoms with van der Waals surface area (Å²) in [6.07, 6.45) is 5.58. The van der Waals surface area contributed by atoms with E-state index in [2.05, 4.69) is 21.1 Å². The summed E-state index contributed by atoms with van der Waals surface area (Å²) in [4.78, 5) is 42.3. The number of carbonyl (C=O) groups excluding carboxylic acids is 3. The van der Waals surface area contributed by atoms with E-state index in [0.717, 1.165) is 31.2 Å². The molecule has 1 aliphatic heterocycles. The van der Waals surface area contributed by atoms with E-state index in [9.17, 15) is 14.4 Å². The number of hydrogen-bond donors (Lipinski definition) is 3. The van der Waals surface area contributed by atoms with Gasteiger partial charge in [0.05, 0.1) is 5.69 Å². The Morgan fingerprint density at radius 2 is 1.76 bits per heavy atom. The van der Waals surface area contributed by atoms with Gasteiger partial charge in [-0.2, -0.15) is 0 Å². The second kappa shape index (κ2) is 9.85. The number of anilines is 2. The highest BCUT2D eigenvalue weighted by Crippen LogP contribution is 2.21. The van der Waals surface area contributed by atoms with Crippen LogP contribution in [0, 0.1) is 6.92 Å². The van der Waals surface area contributed by atoms with E-state index in [1.54, 1.807) is 37.3 Å². The summed E-state index contributed by atoms with van der Waals surface area (Å²) in [6.45, 7) is 3.49. The maximum atomic E-state index is 12.9. The van der Waals surface area contributed by atoms with Gasteiger partial charge in [-0.3, -0.25) is 19.8 Å². The van der Waals surface area contributed by atoms with Gasteiger partial charge in [-0.15, -0.1) is 0 Å². The number of nitrogens with one attached hydrogen (secondary N) is 3. The topological polar surface area (TPSA) is 103 Å². The standard InChI is InChI=1S/C25H29N5O3/c1-16-15-18(23(31)27-19-9-5-3-6-10-19)13-14-21(16)28-24(32)22-26-17(2)25(33)30(29-22)20-11-7-4-8-12-20/h4,7-8,11-15,17,19H,3,5-6,9-10H2,1-2H3,(H,26,29)(H,27,31)(H,28,32). The molecule has 0 bridgehead atoms. The van der Waals surface area contributed by atoms with E-state index in [1.807, 2.05) is 25.1 Å². The van der Waals surface area contributed by atoms with Gasteiger partial charge in [0.1, 0.15) is 6.04 Å². The van der Waals surface area contributed by atoms with Crippen molar-refractivity contribution >= 4 is 34.9 Å². The van der Waals surface area contributed by atoms with Crippen molar-refractivity contribution in [2.45, 2.75) is 58.0 Å². The molecule has 1 unspecified atom stereocenters. The zero-order chi connectivity index (χ0) is 23.4. The number of aryl methyl sites for hydroxylation is 1. The Bertz CT molecular complexity index is 1080. The maximum Gasteiger partial charge on any atom is 0.292 e. The molecular formula is C25H29N5O3. The zero-order valence-corrected chi connectivity index (χ0v) is 18.9. The molecule has 0 aromatic heterocycles. The number of amidine groups is 1. The second-order valence-electron chi connectivity index (χ2n) is 8.57. The van der Waals surface area contributed by atoms with E-state index >= 15 is 0 Å². The van der Waals surface area contributed by atoms with Crippen LogP contribution in [0.5, 0.6) is 0 Å². The second-order valence-corrected chi connectivity index (χ2v) is 8.57. The van der Waals surface area contributed by atoms with Crippen LogP contribution in [0.15, 0.2) is 53.5 Å². The quantitative estimate of drug-likeness (QED) is 0.654. The molecule has 1 heterocycles. The molecule has 1 aliphatic carbocycles. The van der Waals surface area contributed by atoms with Gasteiger partial charge in [0.25, 0.3) is 17.7 Å². The Balaban J connectivity index is 1.44. The number of hydrazine groups is 1. The number of benzene rings is 2. The molecule has 1 fully saturated rings. The lowest BCUT2D eigenvalue weighted by Gasteiger charge is -2.30. The van der Waals surface area contributed by atoms with Crippen LogP contribution in [0.2, 0.25) is 0 Å². The van der Waals surface area contributed by atoms with Crippen LogP contribution in [-0.2, 0) is 9.59 Å². The van der Waals surface area contributed by atoms with Gasteiger partial charge in [-0.25, -0.2) is 10.0 Å². The van der Waals surface area contributed by atoms with Crippen LogP contribution >= 0.6 is 0 Å². The molecule has 0 radical (unpaired) electrons. The molecule has 33 heavy (non-hydrogen) atoms. The molecule has 1 saturated carbocycles. The minimum atomic E-state index is -0.695. The average molecular weight is 448 g/mol. The van der Waals surface area contributed by atoms with Crippen LogP contribution < -0.4 is 21.1 Å². The van der Waals surface area contributed by atoms with E-state index in [0.29, 0.717) is 16.9 Å². The summed E-state index contributed by atoms with van der Waals surface area (Å²) in [5.74, 6) is -0.753. The highest BCUT2D eigenvalue weighted by atomic mass is 16.2. The largest absolute Gasteiger partial charge is 0.349 e. The molecule has 172 valence electrons. The first-order valence-electron chi connectivity index (χ1n) is 11.4. The number of para-hydroxylation sites is 1. The highest BCUT2D eigenvalue weighted by molar-refractivity contribution is 6.43. The molecule has 1 atom stereocenters. The normalized spacial score (nSPS) is 18.8. The van der Waals surface area contributed by atoms with E-state index in [4.69, 9.17) is 0 Å². The average Bonchev–Trinajstić information content (AvgIpc) is 2.83. The fourth-order valence-corrected chi connectivity index (χ4v) is 4.15. The molecule has 4 rings (SSSR count). The molecule has 2 aromatic carbocycles. The number of carbonyl (C=O) groups is 3. The summed E-state index contributed by atoms with van der Waals surface area (Å²) in [6, 6.07) is 13.8. The fraction of sp³-hybridized carbons (Fsp3) is 0.360. The summed E-state index contributed by atoms with van der Waals surface area (Å²) < 4.78 is 0. The van der Waals surface area contributed by atoms with Crippen molar-refractivity contribution in [2.75, 3.05) is 10.3 Å². The Morgan fingerprint density at radius 3 is 2.45 bits per heavy atom. The van der Waals surface area contributed by atoms with Gasteiger partial charge in [0, 0.05) is 17.3 Å². The predicted molar refractivity (Wildman–Crippen MR) is 128 cm³/mol. The molecule has 0 saturated heterocycles. The monoisotopic (exact) mass is 447 g/mol. The number of rotatable bonds is 5. The Labute approximate surface area is 193 Å². The first-order valence-corrected chi connectivity index (χ1v) is 11.4. The van der Waals surface area contributed by atoms with Crippen LogP contribution in [0.25, 0.3) is 0 Å². The van der Waals surface area contributed by atoms with Gasteiger partial charge < -0.3 is 10.6 Å². The lowest BCUT2D eigenvalue weighted by atomic mass is 9.95. The molecule has 3 N–H and O–H groups in total. The third kappa shape index (κ3) is 5.22. The fourth-order valence-electron chi connectivity index (χ4n) is 4.15. The molecule has 2 aliphatic rings. The van der Waals surface area contributed by atoms with Crippen LogP contribution in [-0.4, -0.2) is 35.6 Å². The Kier molecular flexibility index (Phi) is 6.72. The van der Waals surface area contributed by atoms with E-state index in [1.165, 1.54) is 11.4 Å². The van der Waals surface area contributed by atoms with Crippen molar-refractivity contribution in [3.8, 4) is 0 Å².